The lowest BCUT2D eigenvalue weighted by atomic mass is 9.86. The molecule has 1 unspecified atom stereocenters. The SMILES string of the molecule is COc1ccnc(/C(=C\N)C(=O)N/C(C=NC2CCC(CN3CCN(CC#Cc4cccc5c4n(C)c(=O)n5C4CCC(=O)NC4=O)CC3)CC2)=C(/N)C(F)F)n1. The van der Waals surface area contributed by atoms with Gasteiger partial charge in [-0.2, -0.15) is 4.98 Å². The van der Waals surface area contributed by atoms with E-state index in [1.807, 2.05) is 12.1 Å². The third-order valence-electron chi connectivity index (χ3n) is 10.6. The third kappa shape index (κ3) is 9.55. The summed E-state index contributed by atoms with van der Waals surface area (Å²) < 4.78 is 35.4. The molecule has 3 aliphatic rings. The number of piperidine rings is 1. The van der Waals surface area contributed by atoms with Crippen molar-refractivity contribution in [1.29, 1.82) is 0 Å². The zero-order valence-electron chi connectivity index (χ0n) is 31.9. The molecule has 0 spiro atoms. The summed E-state index contributed by atoms with van der Waals surface area (Å²) >= 11 is 0. The predicted molar refractivity (Wildman–Crippen MR) is 209 cm³/mol. The summed E-state index contributed by atoms with van der Waals surface area (Å²) in [5.74, 6) is 5.52. The van der Waals surface area contributed by atoms with Crippen molar-refractivity contribution >= 4 is 40.5 Å². The van der Waals surface area contributed by atoms with Crippen molar-refractivity contribution in [3.05, 3.63) is 69.9 Å². The fourth-order valence-corrected chi connectivity index (χ4v) is 7.49. The Labute approximate surface area is 328 Å². The van der Waals surface area contributed by atoms with Gasteiger partial charge in [-0.25, -0.2) is 18.6 Å². The number of methoxy groups -OCH3 is 1. The summed E-state index contributed by atoms with van der Waals surface area (Å²) in [6.45, 7) is 5.05. The number of hydrogen-bond acceptors (Lipinski definition) is 12. The Hall–Kier alpha value is -5.93. The first-order chi connectivity index (χ1) is 27.5. The number of hydrogen-bond donors (Lipinski definition) is 4. The predicted octanol–water partition coefficient (Wildman–Crippen LogP) is 1.27. The number of carbonyl (C=O) groups excluding carboxylic acids is 3. The molecule has 18 heteroatoms. The standard InChI is InChI=1S/C39H47F2N11O5/c1-49-34-25(5-3-7-29(34)52(39(49)56)30-12-13-31(53)47-38(30)55)6-4-16-50-17-19-51(20-18-50)23-24-8-10-26(11-9-24)45-22-28(33(43)35(40)41)46-37(54)27(21-42)36-44-15-14-32(48-36)57-2/h3,5,7,14-15,21-22,24,26,30,35H,8-13,16-20,23,42-43H2,1-2H3,(H,46,54)(H,47,53,55)/b27-21+,33-28+,45-22?. The molecule has 57 heavy (non-hydrogen) atoms. The number of imide groups is 1. The summed E-state index contributed by atoms with van der Waals surface area (Å²) in [6.07, 6.45) is 4.37. The number of alkyl halides is 2. The minimum Gasteiger partial charge on any atom is -0.481 e. The number of nitrogens with one attached hydrogen (secondary N) is 2. The Morgan fingerprint density at radius 2 is 1.84 bits per heavy atom. The number of halogens is 2. The maximum absolute atomic E-state index is 13.7. The lowest BCUT2D eigenvalue weighted by molar-refractivity contribution is -0.135. The molecule has 6 rings (SSSR count). The first-order valence-electron chi connectivity index (χ1n) is 18.9. The molecule has 1 saturated carbocycles. The number of ether oxygens (including phenoxy) is 1. The quantitative estimate of drug-likeness (QED) is 0.0942. The van der Waals surface area contributed by atoms with Crippen LogP contribution in [0.15, 0.2) is 57.8 Å². The molecule has 3 amide bonds. The molecule has 1 aliphatic carbocycles. The largest absolute Gasteiger partial charge is 0.481 e. The highest BCUT2D eigenvalue weighted by Crippen LogP contribution is 2.28. The second-order valence-electron chi connectivity index (χ2n) is 14.3. The number of aliphatic imine (C=N–C) groups is 1. The average molecular weight is 788 g/mol. The second-order valence-corrected chi connectivity index (χ2v) is 14.3. The van der Waals surface area contributed by atoms with Crippen LogP contribution in [0.2, 0.25) is 0 Å². The number of aryl methyl sites for hydroxylation is 1. The number of aromatic nitrogens is 4. The fourth-order valence-electron chi connectivity index (χ4n) is 7.49. The minimum atomic E-state index is -3.02. The van der Waals surface area contributed by atoms with Crippen LogP contribution in [0.3, 0.4) is 0 Å². The Morgan fingerprint density at radius 1 is 1.11 bits per heavy atom. The molecule has 1 atom stereocenters. The van der Waals surface area contributed by atoms with Gasteiger partial charge < -0.3 is 26.4 Å². The Kier molecular flexibility index (Phi) is 13.1. The van der Waals surface area contributed by atoms with E-state index in [2.05, 4.69) is 47.2 Å². The van der Waals surface area contributed by atoms with E-state index in [4.69, 9.17) is 16.2 Å². The van der Waals surface area contributed by atoms with E-state index < -0.39 is 30.0 Å². The number of carbonyl (C=O) groups is 3. The van der Waals surface area contributed by atoms with E-state index in [1.54, 1.807) is 13.1 Å². The molecule has 6 N–H and O–H groups in total. The van der Waals surface area contributed by atoms with Gasteiger partial charge in [-0.1, -0.05) is 17.9 Å². The number of benzene rings is 1. The van der Waals surface area contributed by atoms with Gasteiger partial charge in [0.2, 0.25) is 17.7 Å². The van der Waals surface area contributed by atoms with E-state index in [0.29, 0.717) is 29.1 Å². The third-order valence-corrected chi connectivity index (χ3v) is 10.6. The van der Waals surface area contributed by atoms with Gasteiger partial charge in [0.1, 0.15) is 11.7 Å². The first kappa shape index (κ1) is 40.7. The number of piperazine rings is 1. The van der Waals surface area contributed by atoms with Crippen LogP contribution in [-0.4, -0.2) is 112 Å². The van der Waals surface area contributed by atoms with E-state index in [0.717, 1.165) is 64.6 Å². The number of imidazole rings is 1. The van der Waals surface area contributed by atoms with Gasteiger partial charge in [-0.3, -0.25) is 38.7 Å². The summed E-state index contributed by atoms with van der Waals surface area (Å²) in [5.41, 5.74) is 11.7. The number of allylic oxidation sites excluding steroid dienone is 2. The van der Waals surface area contributed by atoms with Crippen molar-refractivity contribution in [2.45, 2.75) is 57.0 Å². The summed E-state index contributed by atoms with van der Waals surface area (Å²) in [7, 11) is 3.07. The van der Waals surface area contributed by atoms with E-state index >= 15 is 0 Å². The molecule has 2 aromatic heterocycles. The molecule has 3 aromatic rings. The summed E-state index contributed by atoms with van der Waals surface area (Å²) in [4.78, 5) is 67.9. The van der Waals surface area contributed by atoms with Gasteiger partial charge in [0, 0.05) is 70.9 Å². The number of nitrogens with two attached hydrogens (primary N) is 2. The summed E-state index contributed by atoms with van der Waals surface area (Å²) in [6, 6.07) is 6.11. The first-order valence-corrected chi connectivity index (χ1v) is 18.9. The van der Waals surface area contributed by atoms with Gasteiger partial charge in [0.15, 0.2) is 5.82 Å². The fraction of sp³-hybridized carbons (Fsp3) is 0.462. The average Bonchev–Trinajstić information content (AvgIpc) is 3.46. The highest BCUT2D eigenvalue weighted by Gasteiger charge is 2.32. The van der Waals surface area contributed by atoms with Crippen LogP contribution in [0.25, 0.3) is 16.6 Å². The normalized spacial score (nSPS) is 21.6. The van der Waals surface area contributed by atoms with Gasteiger partial charge in [-0.05, 0) is 50.2 Å². The van der Waals surface area contributed by atoms with Crippen LogP contribution in [0.1, 0.15) is 56.0 Å². The smallest absolute Gasteiger partial charge is 0.329 e. The molecule has 3 fully saturated rings. The van der Waals surface area contributed by atoms with Crippen LogP contribution in [0.4, 0.5) is 8.78 Å². The van der Waals surface area contributed by atoms with Crippen LogP contribution in [0, 0.1) is 17.8 Å². The van der Waals surface area contributed by atoms with E-state index in [9.17, 15) is 28.0 Å². The van der Waals surface area contributed by atoms with Crippen molar-refractivity contribution in [3.63, 3.8) is 0 Å². The van der Waals surface area contributed by atoms with Crippen molar-refractivity contribution < 1.29 is 27.9 Å². The van der Waals surface area contributed by atoms with Crippen molar-refractivity contribution in [2.24, 2.45) is 29.4 Å². The highest BCUT2D eigenvalue weighted by molar-refractivity contribution is 6.19. The maximum atomic E-state index is 13.7. The molecule has 16 nitrogen and oxygen atoms in total. The van der Waals surface area contributed by atoms with Gasteiger partial charge in [0.05, 0.1) is 47.6 Å². The molecule has 0 radical (unpaired) electrons. The molecule has 0 bridgehead atoms. The number of rotatable bonds is 11. The number of amides is 3. The van der Waals surface area contributed by atoms with Crippen molar-refractivity contribution in [2.75, 3.05) is 46.4 Å². The number of para-hydroxylation sites is 1. The molecule has 1 aromatic carbocycles. The molecular weight excluding hydrogens is 740 g/mol. The lowest BCUT2D eigenvalue weighted by Crippen LogP contribution is -2.48. The number of nitrogens with zero attached hydrogens (tertiary/aromatic N) is 7. The summed E-state index contributed by atoms with van der Waals surface area (Å²) in [5, 5.41) is 4.74. The van der Waals surface area contributed by atoms with Gasteiger partial charge >= 0.3 is 5.69 Å². The molecule has 302 valence electrons. The van der Waals surface area contributed by atoms with Gasteiger partial charge in [-0.15, -0.1) is 0 Å². The maximum Gasteiger partial charge on any atom is 0.329 e. The Balaban J connectivity index is 0.980. The van der Waals surface area contributed by atoms with Crippen molar-refractivity contribution in [1.82, 2.24) is 39.5 Å². The van der Waals surface area contributed by atoms with Crippen LogP contribution in [-0.2, 0) is 21.4 Å². The Morgan fingerprint density at radius 3 is 2.53 bits per heavy atom. The molecule has 2 aliphatic heterocycles. The molecule has 2 saturated heterocycles. The van der Waals surface area contributed by atoms with Crippen LogP contribution in [0.5, 0.6) is 5.88 Å². The molecular formula is C39H47F2N11O5. The zero-order chi connectivity index (χ0) is 40.6. The minimum absolute atomic E-state index is 0.0452. The Bertz CT molecular complexity index is 2200. The second kappa shape index (κ2) is 18.3. The van der Waals surface area contributed by atoms with Crippen LogP contribution < -0.4 is 32.5 Å². The van der Waals surface area contributed by atoms with Crippen LogP contribution >= 0.6 is 0 Å². The monoisotopic (exact) mass is 787 g/mol. The topological polar surface area (TPSA) is 208 Å². The zero-order valence-corrected chi connectivity index (χ0v) is 31.9. The molecule has 4 heterocycles. The van der Waals surface area contributed by atoms with Crippen molar-refractivity contribution in [3.8, 4) is 17.7 Å². The van der Waals surface area contributed by atoms with Gasteiger partial charge in [0.25, 0.3) is 12.3 Å². The van der Waals surface area contributed by atoms with E-state index in [1.165, 1.54) is 34.7 Å². The van der Waals surface area contributed by atoms with E-state index in [-0.39, 0.29) is 53.5 Å². The highest BCUT2D eigenvalue weighted by atomic mass is 19.3. The number of fused-ring (bicyclic) bond motifs is 1. The lowest BCUT2D eigenvalue weighted by Gasteiger charge is -2.37.